The van der Waals surface area contributed by atoms with Crippen molar-refractivity contribution in [3.8, 4) is 10.6 Å². The standard InChI is InChI=1S/C21H17N3O2S/c1-13-7-8-14-15(22-13)4-2-5-16(14)23-20(25)21(9-10-21)19-12-17(26-24-19)18-6-3-11-27-18/h2-8,11-12H,9-10H2,1H3,(H,23,25). The summed E-state index contributed by atoms with van der Waals surface area (Å²) in [4.78, 5) is 18.6. The summed E-state index contributed by atoms with van der Waals surface area (Å²) in [7, 11) is 0. The minimum atomic E-state index is -0.598. The SMILES string of the molecule is Cc1ccc2c(NC(=O)C3(c4cc(-c5cccs5)on4)CC3)cccc2n1. The van der Waals surface area contributed by atoms with Gasteiger partial charge in [-0.05, 0) is 55.5 Å². The number of aryl methyl sites for hydroxylation is 1. The maximum atomic E-state index is 13.1. The zero-order chi connectivity index (χ0) is 18.4. The number of amides is 1. The van der Waals surface area contributed by atoms with Gasteiger partial charge in [0, 0.05) is 17.1 Å². The summed E-state index contributed by atoms with van der Waals surface area (Å²) in [6.45, 7) is 1.96. The van der Waals surface area contributed by atoms with Gasteiger partial charge < -0.3 is 9.84 Å². The van der Waals surface area contributed by atoms with Gasteiger partial charge in [-0.3, -0.25) is 9.78 Å². The van der Waals surface area contributed by atoms with Crippen LogP contribution < -0.4 is 5.32 Å². The molecule has 5 nitrogen and oxygen atoms in total. The van der Waals surface area contributed by atoms with Gasteiger partial charge in [0.15, 0.2) is 5.76 Å². The Morgan fingerprint density at radius 2 is 2.07 bits per heavy atom. The number of carbonyl (C=O) groups is 1. The molecule has 0 saturated heterocycles. The largest absolute Gasteiger partial charge is 0.355 e. The summed E-state index contributed by atoms with van der Waals surface area (Å²) in [5.41, 5.74) is 2.71. The van der Waals surface area contributed by atoms with Crippen molar-refractivity contribution in [1.82, 2.24) is 10.1 Å². The topological polar surface area (TPSA) is 68.0 Å². The number of nitrogens with zero attached hydrogens (tertiary/aromatic N) is 2. The number of aromatic nitrogens is 2. The molecule has 6 heteroatoms. The van der Waals surface area contributed by atoms with Crippen molar-refractivity contribution >= 4 is 33.8 Å². The van der Waals surface area contributed by atoms with Crippen molar-refractivity contribution in [2.75, 3.05) is 5.32 Å². The minimum absolute atomic E-state index is 0.0402. The number of carbonyl (C=O) groups excluding carboxylic acids is 1. The van der Waals surface area contributed by atoms with E-state index in [1.54, 1.807) is 11.3 Å². The normalized spacial score (nSPS) is 15.0. The second kappa shape index (κ2) is 6.03. The van der Waals surface area contributed by atoms with E-state index < -0.39 is 5.41 Å². The van der Waals surface area contributed by atoms with Gasteiger partial charge in [0.1, 0.15) is 0 Å². The minimum Gasteiger partial charge on any atom is -0.355 e. The Hall–Kier alpha value is -2.99. The van der Waals surface area contributed by atoms with Crippen molar-refractivity contribution in [3.05, 3.63) is 65.3 Å². The van der Waals surface area contributed by atoms with E-state index in [1.165, 1.54) is 0 Å². The number of fused-ring (bicyclic) bond motifs is 1. The fourth-order valence-corrected chi connectivity index (χ4v) is 4.04. The first kappa shape index (κ1) is 16.2. The Labute approximate surface area is 160 Å². The van der Waals surface area contributed by atoms with Gasteiger partial charge in [0.2, 0.25) is 5.91 Å². The number of anilines is 1. The Kier molecular flexibility index (Phi) is 3.62. The number of pyridine rings is 1. The Bertz CT molecular complexity index is 1140. The molecule has 1 N–H and O–H groups in total. The van der Waals surface area contributed by atoms with Crippen LogP contribution in [-0.4, -0.2) is 16.0 Å². The van der Waals surface area contributed by atoms with E-state index in [1.807, 2.05) is 60.8 Å². The second-order valence-corrected chi connectivity index (χ2v) is 7.86. The monoisotopic (exact) mass is 375 g/mol. The van der Waals surface area contributed by atoms with E-state index in [-0.39, 0.29) is 5.91 Å². The summed E-state index contributed by atoms with van der Waals surface area (Å²) in [5.74, 6) is 0.672. The number of rotatable bonds is 4. The van der Waals surface area contributed by atoms with Crippen LogP contribution in [0.1, 0.15) is 24.2 Å². The van der Waals surface area contributed by atoms with Gasteiger partial charge in [-0.2, -0.15) is 0 Å². The summed E-state index contributed by atoms with van der Waals surface area (Å²) in [6, 6.07) is 15.6. The van der Waals surface area contributed by atoms with Crippen LogP contribution in [0.15, 0.2) is 58.4 Å². The molecule has 0 atom stereocenters. The summed E-state index contributed by atoms with van der Waals surface area (Å²) >= 11 is 1.59. The van der Waals surface area contributed by atoms with Gasteiger partial charge in [-0.1, -0.05) is 17.3 Å². The van der Waals surface area contributed by atoms with Gasteiger partial charge in [0.25, 0.3) is 0 Å². The lowest BCUT2D eigenvalue weighted by molar-refractivity contribution is -0.118. The van der Waals surface area contributed by atoms with E-state index in [0.717, 1.165) is 40.0 Å². The highest BCUT2D eigenvalue weighted by Crippen LogP contribution is 2.49. The molecule has 3 aromatic heterocycles. The highest BCUT2D eigenvalue weighted by Gasteiger charge is 2.54. The smallest absolute Gasteiger partial charge is 0.236 e. The molecule has 1 fully saturated rings. The van der Waals surface area contributed by atoms with Crippen LogP contribution in [0.25, 0.3) is 21.5 Å². The number of nitrogens with one attached hydrogen (secondary N) is 1. The lowest BCUT2D eigenvalue weighted by Gasteiger charge is -2.14. The molecule has 1 aliphatic rings. The second-order valence-electron chi connectivity index (χ2n) is 6.91. The number of thiophene rings is 1. The van der Waals surface area contributed by atoms with Crippen molar-refractivity contribution in [2.24, 2.45) is 0 Å². The predicted molar refractivity (Wildman–Crippen MR) is 106 cm³/mol. The van der Waals surface area contributed by atoms with Crippen LogP contribution in [0, 0.1) is 6.92 Å². The maximum Gasteiger partial charge on any atom is 0.236 e. The molecule has 0 bridgehead atoms. The fraction of sp³-hybridized carbons (Fsp3) is 0.190. The number of hydrogen-bond acceptors (Lipinski definition) is 5. The third-order valence-corrected chi connectivity index (χ3v) is 5.95. The van der Waals surface area contributed by atoms with Crippen LogP contribution in [0.3, 0.4) is 0 Å². The number of benzene rings is 1. The molecule has 0 aliphatic heterocycles. The zero-order valence-corrected chi connectivity index (χ0v) is 15.5. The van der Waals surface area contributed by atoms with E-state index in [9.17, 15) is 4.79 Å². The predicted octanol–water partition coefficient (Wildman–Crippen LogP) is 4.93. The molecular formula is C21H17N3O2S. The molecule has 5 rings (SSSR count). The first-order valence-electron chi connectivity index (χ1n) is 8.85. The Morgan fingerprint density at radius 3 is 2.85 bits per heavy atom. The van der Waals surface area contributed by atoms with Gasteiger partial charge in [-0.15, -0.1) is 11.3 Å². The van der Waals surface area contributed by atoms with E-state index in [4.69, 9.17) is 4.52 Å². The summed E-state index contributed by atoms with van der Waals surface area (Å²) in [5, 5.41) is 10.2. The lowest BCUT2D eigenvalue weighted by atomic mass is 10.0. The third-order valence-electron chi connectivity index (χ3n) is 5.07. The average Bonchev–Trinajstić information content (AvgIpc) is 3.08. The number of hydrogen-bond donors (Lipinski definition) is 1. The average molecular weight is 375 g/mol. The van der Waals surface area contributed by atoms with Gasteiger partial charge >= 0.3 is 0 Å². The Morgan fingerprint density at radius 1 is 1.19 bits per heavy atom. The third kappa shape index (κ3) is 2.73. The highest BCUT2D eigenvalue weighted by molar-refractivity contribution is 7.13. The zero-order valence-electron chi connectivity index (χ0n) is 14.7. The molecular weight excluding hydrogens is 358 g/mol. The molecule has 0 radical (unpaired) electrons. The first-order chi connectivity index (χ1) is 13.2. The molecule has 0 spiro atoms. The van der Waals surface area contributed by atoms with Crippen LogP contribution in [0.5, 0.6) is 0 Å². The van der Waals surface area contributed by atoms with Gasteiger partial charge in [0.05, 0.1) is 27.2 Å². The Balaban J connectivity index is 1.45. The quantitative estimate of drug-likeness (QED) is 0.549. The van der Waals surface area contributed by atoms with E-state index in [2.05, 4.69) is 15.5 Å². The molecule has 4 aromatic rings. The molecule has 1 amide bonds. The lowest BCUT2D eigenvalue weighted by Crippen LogP contribution is -2.28. The van der Waals surface area contributed by atoms with E-state index in [0.29, 0.717) is 11.5 Å². The summed E-state index contributed by atoms with van der Waals surface area (Å²) < 4.78 is 5.49. The summed E-state index contributed by atoms with van der Waals surface area (Å²) in [6.07, 6.45) is 1.55. The van der Waals surface area contributed by atoms with Crippen LogP contribution in [0.4, 0.5) is 5.69 Å². The molecule has 1 aliphatic carbocycles. The van der Waals surface area contributed by atoms with Gasteiger partial charge in [-0.25, -0.2) is 0 Å². The molecule has 1 saturated carbocycles. The van der Waals surface area contributed by atoms with Crippen molar-refractivity contribution in [1.29, 1.82) is 0 Å². The van der Waals surface area contributed by atoms with Crippen LogP contribution >= 0.6 is 11.3 Å². The highest BCUT2D eigenvalue weighted by atomic mass is 32.1. The molecule has 27 heavy (non-hydrogen) atoms. The fourth-order valence-electron chi connectivity index (χ4n) is 3.37. The molecule has 134 valence electrons. The van der Waals surface area contributed by atoms with E-state index >= 15 is 0 Å². The van der Waals surface area contributed by atoms with Crippen LogP contribution in [0.2, 0.25) is 0 Å². The molecule has 0 unspecified atom stereocenters. The molecule has 3 heterocycles. The van der Waals surface area contributed by atoms with Crippen molar-refractivity contribution < 1.29 is 9.32 Å². The van der Waals surface area contributed by atoms with Crippen molar-refractivity contribution in [2.45, 2.75) is 25.2 Å². The van der Waals surface area contributed by atoms with Crippen LogP contribution in [-0.2, 0) is 10.2 Å². The maximum absolute atomic E-state index is 13.1. The molecule has 1 aromatic carbocycles. The van der Waals surface area contributed by atoms with Crippen molar-refractivity contribution in [3.63, 3.8) is 0 Å². The first-order valence-corrected chi connectivity index (χ1v) is 9.73.